The number of hydrogen-bond donors (Lipinski definition) is 0. The summed E-state index contributed by atoms with van der Waals surface area (Å²) in [6.45, 7) is 4.83. The second-order valence-corrected chi connectivity index (χ2v) is 9.08. The van der Waals surface area contributed by atoms with Crippen molar-refractivity contribution in [2.24, 2.45) is 11.8 Å². The first-order chi connectivity index (χ1) is 14.1. The summed E-state index contributed by atoms with van der Waals surface area (Å²) in [5.41, 5.74) is 3.76. The van der Waals surface area contributed by atoms with E-state index in [0.717, 1.165) is 37.4 Å². The van der Waals surface area contributed by atoms with Crippen LogP contribution in [0.2, 0.25) is 0 Å². The summed E-state index contributed by atoms with van der Waals surface area (Å²) in [6.07, 6.45) is 3.67. The van der Waals surface area contributed by atoms with Crippen LogP contribution in [0.25, 0.3) is 0 Å². The SMILES string of the molecule is CC=C1CN2CC[C@]34c5cc(OC)ccc5N5C(=O)[C@@H](OC)OC[C@@H]([C@H]53)[C@H]1C[C@H]24. The highest BCUT2D eigenvalue weighted by molar-refractivity contribution is 6.00. The fraction of sp³-hybridized carbons (Fsp3) is 0.609. The number of allylic oxidation sites excluding steroid dienone is 1. The molecule has 4 aliphatic heterocycles. The van der Waals surface area contributed by atoms with Gasteiger partial charge in [-0.05, 0) is 56.0 Å². The van der Waals surface area contributed by atoms with Crippen molar-refractivity contribution in [2.45, 2.75) is 43.6 Å². The summed E-state index contributed by atoms with van der Waals surface area (Å²) in [5.74, 6) is 1.54. The van der Waals surface area contributed by atoms with Crippen LogP contribution < -0.4 is 9.64 Å². The van der Waals surface area contributed by atoms with E-state index in [-0.39, 0.29) is 23.3 Å². The third-order valence-electron chi connectivity index (χ3n) is 8.34. The van der Waals surface area contributed by atoms with Crippen LogP contribution in [0.1, 0.15) is 25.3 Å². The van der Waals surface area contributed by atoms with Gasteiger partial charge in [-0.3, -0.25) is 9.69 Å². The second-order valence-electron chi connectivity index (χ2n) is 9.08. The lowest BCUT2D eigenvalue weighted by Gasteiger charge is -2.55. The van der Waals surface area contributed by atoms with Crippen LogP contribution >= 0.6 is 0 Å². The number of fused-ring (bicyclic) bond motifs is 4. The molecule has 2 bridgehead atoms. The fourth-order valence-corrected chi connectivity index (χ4v) is 7.26. The van der Waals surface area contributed by atoms with Crippen LogP contribution in [0.15, 0.2) is 29.8 Å². The molecule has 0 N–H and O–H groups in total. The Morgan fingerprint density at radius 2 is 2.17 bits per heavy atom. The zero-order chi connectivity index (χ0) is 19.9. The number of rotatable bonds is 2. The zero-order valence-electron chi connectivity index (χ0n) is 17.3. The molecule has 6 atom stereocenters. The Bertz CT molecular complexity index is 914. The van der Waals surface area contributed by atoms with Gasteiger partial charge in [0.1, 0.15) is 5.75 Å². The lowest BCUT2D eigenvalue weighted by atomic mass is 9.55. The lowest BCUT2D eigenvalue weighted by molar-refractivity contribution is -0.162. The molecule has 4 fully saturated rings. The number of amides is 1. The number of benzene rings is 1. The summed E-state index contributed by atoms with van der Waals surface area (Å²) in [4.78, 5) is 18.3. The largest absolute Gasteiger partial charge is 0.497 e. The highest BCUT2D eigenvalue weighted by Gasteiger charge is 2.69. The lowest BCUT2D eigenvalue weighted by Crippen LogP contribution is -2.65. The molecular formula is C23H28N2O4. The third kappa shape index (κ3) is 2.05. The van der Waals surface area contributed by atoms with Crippen molar-refractivity contribution in [3.8, 4) is 5.75 Å². The van der Waals surface area contributed by atoms with Gasteiger partial charge in [-0.2, -0.15) is 0 Å². The van der Waals surface area contributed by atoms with Crippen molar-refractivity contribution in [1.82, 2.24) is 4.90 Å². The van der Waals surface area contributed by atoms with Crippen LogP contribution in [0.3, 0.4) is 0 Å². The summed E-state index contributed by atoms with van der Waals surface area (Å²) >= 11 is 0. The van der Waals surface area contributed by atoms with E-state index in [4.69, 9.17) is 14.2 Å². The monoisotopic (exact) mass is 396 g/mol. The van der Waals surface area contributed by atoms with Gasteiger partial charge in [0.05, 0.1) is 19.8 Å². The minimum absolute atomic E-state index is 0.0496. The number of nitrogens with zero attached hydrogens (tertiary/aromatic N) is 2. The number of piperidine rings is 1. The smallest absolute Gasteiger partial charge is 0.284 e. The molecule has 1 spiro atoms. The Hall–Kier alpha value is -1.89. The molecule has 1 aromatic rings. The number of methoxy groups -OCH3 is 2. The van der Waals surface area contributed by atoms with E-state index in [1.165, 1.54) is 11.1 Å². The molecule has 29 heavy (non-hydrogen) atoms. The molecule has 1 saturated carbocycles. The maximum absolute atomic E-state index is 13.6. The molecule has 0 unspecified atom stereocenters. The predicted molar refractivity (Wildman–Crippen MR) is 108 cm³/mol. The highest BCUT2D eigenvalue weighted by Crippen LogP contribution is 2.64. The van der Waals surface area contributed by atoms with Gasteiger partial charge in [-0.25, -0.2) is 0 Å². The Balaban J connectivity index is 1.61. The Kier molecular flexibility index (Phi) is 3.75. The summed E-state index contributed by atoms with van der Waals surface area (Å²) < 4.78 is 17.1. The maximum Gasteiger partial charge on any atom is 0.284 e. The van der Waals surface area contributed by atoms with Gasteiger partial charge in [0.15, 0.2) is 0 Å². The average molecular weight is 396 g/mol. The summed E-state index contributed by atoms with van der Waals surface area (Å²) in [6, 6.07) is 6.80. The van der Waals surface area contributed by atoms with Crippen molar-refractivity contribution >= 4 is 11.6 Å². The molecule has 6 rings (SSSR count). The fourth-order valence-electron chi connectivity index (χ4n) is 7.26. The molecule has 6 nitrogen and oxygen atoms in total. The predicted octanol–water partition coefficient (Wildman–Crippen LogP) is 2.32. The molecule has 4 heterocycles. The van der Waals surface area contributed by atoms with E-state index in [1.807, 2.05) is 11.0 Å². The van der Waals surface area contributed by atoms with Crippen LogP contribution in [0, 0.1) is 11.8 Å². The van der Waals surface area contributed by atoms with Crippen LogP contribution in [-0.4, -0.2) is 63.1 Å². The van der Waals surface area contributed by atoms with Crippen LogP contribution in [0.4, 0.5) is 5.69 Å². The number of anilines is 1. The summed E-state index contributed by atoms with van der Waals surface area (Å²) in [5, 5.41) is 0. The molecule has 1 aromatic carbocycles. The quantitative estimate of drug-likeness (QED) is 0.718. The molecule has 154 valence electrons. The molecule has 1 amide bonds. The van der Waals surface area contributed by atoms with Gasteiger partial charge in [-0.1, -0.05) is 11.6 Å². The van der Waals surface area contributed by atoms with Crippen LogP contribution in [-0.2, 0) is 19.7 Å². The van der Waals surface area contributed by atoms with Crippen molar-refractivity contribution in [1.29, 1.82) is 0 Å². The average Bonchev–Trinajstić information content (AvgIpc) is 3.23. The molecule has 3 saturated heterocycles. The minimum atomic E-state index is -0.836. The first-order valence-electron chi connectivity index (χ1n) is 10.7. The van der Waals surface area contributed by atoms with Crippen molar-refractivity contribution in [3.63, 3.8) is 0 Å². The molecule has 0 aromatic heterocycles. The van der Waals surface area contributed by atoms with Gasteiger partial charge in [0, 0.05) is 36.7 Å². The molecule has 1 aliphatic carbocycles. The number of carbonyl (C=O) groups is 1. The third-order valence-corrected chi connectivity index (χ3v) is 8.34. The van der Waals surface area contributed by atoms with Gasteiger partial charge >= 0.3 is 0 Å². The topological polar surface area (TPSA) is 51.2 Å². The van der Waals surface area contributed by atoms with E-state index >= 15 is 0 Å². The summed E-state index contributed by atoms with van der Waals surface area (Å²) in [7, 11) is 3.28. The van der Waals surface area contributed by atoms with E-state index in [0.29, 0.717) is 18.6 Å². The van der Waals surface area contributed by atoms with E-state index in [2.05, 4.69) is 30.0 Å². The van der Waals surface area contributed by atoms with E-state index in [1.54, 1.807) is 14.2 Å². The Labute approximate surface area is 171 Å². The molecule has 6 heteroatoms. The Morgan fingerprint density at radius 1 is 1.31 bits per heavy atom. The molecule has 5 aliphatic rings. The van der Waals surface area contributed by atoms with Crippen LogP contribution in [0.5, 0.6) is 5.75 Å². The van der Waals surface area contributed by atoms with Gasteiger partial charge in [0.25, 0.3) is 5.91 Å². The number of hydrogen-bond acceptors (Lipinski definition) is 5. The minimum Gasteiger partial charge on any atom is -0.497 e. The first kappa shape index (κ1) is 17.9. The second kappa shape index (κ2) is 6.06. The van der Waals surface area contributed by atoms with Crippen molar-refractivity contribution in [3.05, 3.63) is 35.4 Å². The molecular weight excluding hydrogens is 368 g/mol. The van der Waals surface area contributed by atoms with Crippen molar-refractivity contribution in [2.75, 3.05) is 38.8 Å². The van der Waals surface area contributed by atoms with Gasteiger partial charge < -0.3 is 19.1 Å². The standard InChI is InChI=1S/C23H28N2O4/c1-4-13-11-24-8-7-23-17-9-14(27-2)5-6-18(17)25-20(23)16(15(13)10-19(23)24)12-29-22(28-3)21(25)26/h4-6,9,15-16,19-20,22H,7-8,10-12H2,1-3H3/t15-,16+,19-,20-,22-,23+/m0/s1. The first-order valence-corrected chi connectivity index (χ1v) is 10.7. The van der Waals surface area contributed by atoms with Crippen molar-refractivity contribution < 1.29 is 19.0 Å². The maximum atomic E-state index is 13.6. The number of ether oxygens (including phenoxy) is 3. The van der Waals surface area contributed by atoms with E-state index in [9.17, 15) is 4.79 Å². The normalized spacial score (nSPS) is 41.3. The van der Waals surface area contributed by atoms with Gasteiger partial charge in [-0.15, -0.1) is 0 Å². The highest BCUT2D eigenvalue weighted by atomic mass is 16.7. The van der Waals surface area contributed by atoms with E-state index < -0.39 is 6.29 Å². The van der Waals surface area contributed by atoms with Gasteiger partial charge in [0.2, 0.25) is 6.29 Å². The number of carbonyl (C=O) groups excluding carboxylic acids is 1. The zero-order valence-corrected chi connectivity index (χ0v) is 17.3. The Morgan fingerprint density at radius 3 is 2.93 bits per heavy atom. The molecule has 0 radical (unpaired) electrons.